The monoisotopic (exact) mass is 347 g/mol. The van der Waals surface area contributed by atoms with Gasteiger partial charge in [-0.25, -0.2) is 13.9 Å². The predicted octanol–water partition coefficient (Wildman–Crippen LogP) is 1.73. The zero-order valence-electron chi connectivity index (χ0n) is 9.49. The van der Waals surface area contributed by atoms with E-state index in [-0.39, 0.29) is 16.2 Å². The van der Waals surface area contributed by atoms with E-state index in [1.165, 1.54) is 12.1 Å². The van der Waals surface area contributed by atoms with Crippen molar-refractivity contribution in [3.05, 3.63) is 60.0 Å². The minimum atomic E-state index is -0.596. The lowest BCUT2D eigenvalue weighted by Crippen LogP contribution is -2.33. The highest BCUT2D eigenvalue weighted by Crippen LogP contribution is 2.16. The molecule has 0 unspecified atom stereocenters. The fraction of sp³-hybridized carbons (Fsp3) is 0.182. The minimum Gasteiger partial charge on any atom is -0.270 e. The van der Waals surface area contributed by atoms with Crippen LogP contribution < -0.4 is 11.2 Å². The van der Waals surface area contributed by atoms with E-state index in [9.17, 15) is 14.0 Å². The normalized spacial score (nSPS) is 10.7. The first-order valence-electron chi connectivity index (χ1n) is 5.28. The topological polar surface area (TPSA) is 67.8 Å². The fourth-order valence-corrected chi connectivity index (χ4v) is 1.99. The summed E-state index contributed by atoms with van der Waals surface area (Å²) in [5, 5.41) is 3.83. The first-order valence-corrected chi connectivity index (χ1v) is 6.45. The van der Waals surface area contributed by atoms with Gasteiger partial charge in [0.25, 0.3) is 5.56 Å². The molecule has 0 amide bonds. The molecule has 2 rings (SSSR count). The number of aromatic nitrogens is 3. The second kappa shape index (κ2) is 5.66. The van der Waals surface area contributed by atoms with Gasteiger partial charge in [0.05, 0.1) is 11.6 Å². The van der Waals surface area contributed by atoms with Gasteiger partial charge in [0.15, 0.2) is 4.60 Å². The number of aryl methyl sites for hydroxylation is 2. The molecule has 0 aliphatic rings. The van der Waals surface area contributed by atoms with Crippen molar-refractivity contribution < 1.29 is 4.39 Å². The Labute approximate surface area is 120 Å². The quantitative estimate of drug-likeness (QED) is 0.918. The number of hydrogen-bond acceptors (Lipinski definition) is 3. The molecule has 0 aliphatic carbocycles. The van der Waals surface area contributed by atoms with Crippen LogP contribution in [0.25, 0.3) is 0 Å². The summed E-state index contributed by atoms with van der Waals surface area (Å²) in [5.41, 5.74) is -0.407. The Kier molecular flexibility index (Phi) is 4.16. The lowest BCUT2D eigenvalue weighted by molar-refractivity contribution is 0.547. The Balaban J connectivity index is 2.19. The Hall–Kier alpha value is -1.47. The molecular weight excluding hydrogens is 340 g/mol. The van der Waals surface area contributed by atoms with Crippen LogP contribution in [0.5, 0.6) is 0 Å². The second-order valence-corrected chi connectivity index (χ2v) is 4.93. The Morgan fingerprint density at radius 3 is 2.84 bits per heavy atom. The highest BCUT2D eigenvalue weighted by Gasteiger charge is 2.05. The highest BCUT2D eigenvalue weighted by molar-refractivity contribution is 9.10. The van der Waals surface area contributed by atoms with Gasteiger partial charge >= 0.3 is 5.69 Å². The number of hydrogen-bond donors (Lipinski definition) is 1. The van der Waals surface area contributed by atoms with Gasteiger partial charge in [-0.05, 0) is 40.0 Å². The standard InChI is InChI=1S/C11H8BrClFN3O2/c12-9-10(18)15-11(19)17(16-9)4-3-6-1-2-8(14)7(13)5-6/h1-2,5H,3-4H2,(H,15,18,19). The summed E-state index contributed by atoms with van der Waals surface area (Å²) >= 11 is 8.60. The summed E-state index contributed by atoms with van der Waals surface area (Å²) in [6, 6.07) is 4.33. The summed E-state index contributed by atoms with van der Waals surface area (Å²) in [6.07, 6.45) is 0.436. The molecule has 1 aromatic heterocycles. The number of nitrogens with one attached hydrogen (secondary N) is 1. The van der Waals surface area contributed by atoms with E-state index in [1.807, 2.05) is 0 Å². The summed E-state index contributed by atoms with van der Waals surface area (Å²) in [6.45, 7) is 0.246. The summed E-state index contributed by atoms with van der Waals surface area (Å²) in [4.78, 5) is 24.7. The molecule has 0 fully saturated rings. The minimum absolute atomic E-state index is 0.0282. The van der Waals surface area contributed by atoms with Crippen LogP contribution in [0.15, 0.2) is 32.4 Å². The van der Waals surface area contributed by atoms with E-state index in [0.29, 0.717) is 6.42 Å². The van der Waals surface area contributed by atoms with Crippen molar-refractivity contribution >= 4 is 27.5 Å². The summed E-state index contributed by atoms with van der Waals surface area (Å²) in [5.74, 6) is -0.493. The van der Waals surface area contributed by atoms with E-state index >= 15 is 0 Å². The fourth-order valence-electron chi connectivity index (χ4n) is 1.49. The van der Waals surface area contributed by atoms with Crippen molar-refractivity contribution in [1.29, 1.82) is 0 Å². The van der Waals surface area contributed by atoms with Crippen LogP contribution >= 0.6 is 27.5 Å². The molecule has 8 heteroatoms. The van der Waals surface area contributed by atoms with E-state index in [1.54, 1.807) is 6.07 Å². The molecule has 5 nitrogen and oxygen atoms in total. The van der Waals surface area contributed by atoms with Gasteiger partial charge in [0, 0.05) is 0 Å². The summed E-state index contributed by atoms with van der Waals surface area (Å²) < 4.78 is 14.1. The number of H-pyrrole nitrogens is 1. The van der Waals surface area contributed by atoms with E-state index in [2.05, 4.69) is 26.0 Å². The third-order valence-corrected chi connectivity index (χ3v) is 3.26. The molecular formula is C11H8BrClFN3O2. The smallest absolute Gasteiger partial charge is 0.270 e. The lowest BCUT2D eigenvalue weighted by atomic mass is 10.1. The van der Waals surface area contributed by atoms with E-state index in [4.69, 9.17) is 11.6 Å². The maximum Gasteiger partial charge on any atom is 0.344 e. The Bertz CT molecular complexity index is 729. The molecule has 0 spiro atoms. The van der Waals surface area contributed by atoms with Crippen molar-refractivity contribution in [3.63, 3.8) is 0 Å². The van der Waals surface area contributed by atoms with Crippen LogP contribution in [-0.2, 0) is 13.0 Å². The third kappa shape index (κ3) is 3.30. The molecule has 0 radical (unpaired) electrons. The third-order valence-electron chi connectivity index (χ3n) is 2.45. The molecule has 1 N–H and O–H groups in total. The number of halogens is 3. The molecule has 0 aliphatic heterocycles. The molecule has 0 atom stereocenters. The molecule has 1 aromatic carbocycles. The Morgan fingerprint density at radius 2 is 2.16 bits per heavy atom. The van der Waals surface area contributed by atoms with Crippen molar-refractivity contribution in [1.82, 2.24) is 14.8 Å². The number of aromatic amines is 1. The molecule has 0 saturated heterocycles. The van der Waals surface area contributed by atoms with E-state index < -0.39 is 17.1 Å². The first-order chi connectivity index (χ1) is 8.97. The number of nitrogens with zero attached hydrogens (tertiary/aromatic N) is 2. The molecule has 1 heterocycles. The SMILES string of the molecule is O=c1[nH]c(=O)n(CCc2ccc(F)c(Cl)c2)nc1Br. The average Bonchev–Trinajstić information content (AvgIpc) is 2.36. The van der Waals surface area contributed by atoms with Crippen LogP contribution in [-0.4, -0.2) is 14.8 Å². The Morgan fingerprint density at radius 1 is 1.42 bits per heavy atom. The second-order valence-electron chi connectivity index (χ2n) is 3.77. The number of benzene rings is 1. The van der Waals surface area contributed by atoms with Gasteiger partial charge in [-0.2, -0.15) is 5.10 Å². The van der Waals surface area contributed by atoms with Crippen molar-refractivity contribution in [2.75, 3.05) is 0 Å². The molecule has 0 saturated carbocycles. The molecule has 0 bridgehead atoms. The molecule has 2 aromatic rings. The van der Waals surface area contributed by atoms with Crippen LogP contribution in [0.2, 0.25) is 5.02 Å². The zero-order chi connectivity index (χ0) is 14.0. The first kappa shape index (κ1) is 14.0. The number of rotatable bonds is 3. The molecule has 19 heavy (non-hydrogen) atoms. The van der Waals surface area contributed by atoms with Crippen molar-refractivity contribution in [2.24, 2.45) is 0 Å². The predicted molar refractivity (Wildman–Crippen MR) is 71.9 cm³/mol. The van der Waals surface area contributed by atoms with Crippen LogP contribution in [0.4, 0.5) is 4.39 Å². The van der Waals surface area contributed by atoms with E-state index in [0.717, 1.165) is 10.2 Å². The van der Waals surface area contributed by atoms with Crippen LogP contribution in [0, 0.1) is 5.82 Å². The van der Waals surface area contributed by atoms with Gasteiger partial charge in [-0.1, -0.05) is 17.7 Å². The summed E-state index contributed by atoms with van der Waals surface area (Å²) in [7, 11) is 0. The van der Waals surface area contributed by atoms with Gasteiger partial charge in [-0.3, -0.25) is 9.78 Å². The van der Waals surface area contributed by atoms with Crippen molar-refractivity contribution in [2.45, 2.75) is 13.0 Å². The van der Waals surface area contributed by atoms with Gasteiger partial charge < -0.3 is 0 Å². The zero-order valence-corrected chi connectivity index (χ0v) is 11.8. The van der Waals surface area contributed by atoms with Crippen LogP contribution in [0.3, 0.4) is 0 Å². The lowest BCUT2D eigenvalue weighted by Gasteiger charge is -2.05. The largest absolute Gasteiger partial charge is 0.344 e. The highest BCUT2D eigenvalue weighted by atomic mass is 79.9. The molecule has 100 valence electrons. The maximum absolute atomic E-state index is 13.0. The average molecular weight is 349 g/mol. The van der Waals surface area contributed by atoms with Gasteiger partial charge in [0.1, 0.15) is 5.82 Å². The van der Waals surface area contributed by atoms with Gasteiger partial charge in [0.2, 0.25) is 0 Å². The maximum atomic E-state index is 13.0. The van der Waals surface area contributed by atoms with Crippen molar-refractivity contribution in [3.8, 4) is 0 Å². The van der Waals surface area contributed by atoms with Gasteiger partial charge in [-0.15, -0.1) is 0 Å². The van der Waals surface area contributed by atoms with Crippen LogP contribution in [0.1, 0.15) is 5.56 Å².